The highest BCUT2D eigenvalue weighted by atomic mass is 35.5. The second-order valence-electron chi connectivity index (χ2n) is 10.6. The highest BCUT2D eigenvalue weighted by Gasteiger charge is 2.42. The van der Waals surface area contributed by atoms with E-state index in [1.807, 2.05) is 13.0 Å². The molecule has 0 aliphatic heterocycles. The third kappa shape index (κ3) is 6.27. The Labute approximate surface area is 212 Å². The van der Waals surface area contributed by atoms with E-state index >= 15 is 0 Å². The van der Waals surface area contributed by atoms with Crippen molar-refractivity contribution in [2.24, 2.45) is 11.8 Å². The maximum Gasteiger partial charge on any atom is 0.304 e. The van der Waals surface area contributed by atoms with Crippen molar-refractivity contribution >= 4 is 29.2 Å². The molecular weight excluding hydrogens is 464 g/mol. The molecule has 1 heterocycles. The molecule has 2 saturated carbocycles. The molecule has 2 fully saturated rings. The Morgan fingerprint density at radius 1 is 1.17 bits per heavy atom. The van der Waals surface area contributed by atoms with Gasteiger partial charge in [-0.25, -0.2) is 0 Å². The molecule has 2 N–H and O–H groups in total. The van der Waals surface area contributed by atoms with Gasteiger partial charge in [-0.2, -0.15) is 0 Å². The summed E-state index contributed by atoms with van der Waals surface area (Å²) in [7, 11) is 0. The number of carboxylic acid groups (broad SMARTS) is 1. The number of rotatable bonds is 12. The molecular formula is C28H37ClN2O4. The molecule has 4 rings (SSSR count). The smallest absolute Gasteiger partial charge is 0.304 e. The lowest BCUT2D eigenvalue weighted by Crippen LogP contribution is -2.24. The molecule has 2 aromatic rings. The average Bonchev–Trinajstić information content (AvgIpc) is 3.53. The number of aryl methyl sites for hydroxylation is 1. The van der Waals surface area contributed by atoms with Gasteiger partial charge in [0.2, 0.25) is 5.91 Å². The largest absolute Gasteiger partial charge is 0.481 e. The number of carboxylic acids is 1. The van der Waals surface area contributed by atoms with Crippen LogP contribution in [0.5, 0.6) is 0 Å². The molecule has 7 heteroatoms. The molecule has 35 heavy (non-hydrogen) atoms. The highest BCUT2D eigenvalue weighted by Crippen LogP contribution is 2.53. The van der Waals surface area contributed by atoms with Crippen LogP contribution in [0, 0.1) is 18.8 Å². The molecule has 2 aliphatic rings. The topological polar surface area (TPSA) is 92.4 Å². The predicted octanol–water partition coefficient (Wildman–Crippen LogP) is 7.42. The van der Waals surface area contributed by atoms with Gasteiger partial charge in [0.25, 0.3) is 0 Å². The first-order chi connectivity index (χ1) is 16.8. The van der Waals surface area contributed by atoms with Crippen molar-refractivity contribution in [3.63, 3.8) is 0 Å². The maximum atomic E-state index is 12.9. The highest BCUT2D eigenvalue weighted by molar-refractivity contribution is 6.33. The van der Waals surface area contributed by atoms with Gasteiger partial charge in [0.1, 0.15) is 5.76 Å². The summed E-state index contributed by atoms with van der Waals surface area (Å²) < 4.78 is 5.91. The average molecular weight is 501 g/mol. The van der Waals surface area contributed by atoms with E-state index in [1.54, 1.807) is 12.1 Å². The molecule has 0 bridgehead atoms. The van der Waals surface area contributed by atoms with Crippen LogP contribution in [0.2, 0.25) is 5.02 Å². The van der Waals surface area contributed by atoms with Crippen LogP contribution in [0.1, 0.15) is 112 Å². The van der Waals surface area contributed by atoms with E-state index in [9.17, 15) is 14.7 Å². The Morgan fingerprint density at radius 2 is 1.89 bits per heavy atom. The van der Waals surface area contributed by atoms with Gasteiger partial charge in [-0.1, -0.05) is 49.5 Å². The van der Waals surface area contributed by atoms with Crippen molar-refractivity contribution < 1.29 is 19.2 Å². The molecule has 0 unspecified atom stereocenters. The predicted molar refractivity (Wildman–Crippen MR) is 137 cm³/mol. The van der Waals surface area contributed by atoms with Crippen molar-refractivity contribution in [2.45, 2.75) is 96.3 Å². The zero-order chi connectivity index (χ0) is 25.1. The zero-order valence-electron chi connectivity index (χ0n) is 21.0. The summed E-state index contributed by atoms with van der Waals surface area (Å²) in [5.41, 5.74) is 3.28. The summed E-state index contributed by atoms with van der Waals surface area (Å²) >= 11 is 6.27. The van der Waals surface area contributed by atoms with E-state index < -0.39 is 11.9 Å². The molecule has 1 amide bonds. The molecule has 1 aromatic carbocycles. The quantitative estimate of drug-likeness (QED) is 0.316. The molecule has 1 aromatic heterocycles. The number of anilines is 1. The van der Waals surface area contributed by atoms with Gasteiger partial charge in [0.15, 0.2) is 0 Å². The molecule has 190 valence electrons. The van der Waals surface area contributed by atoms with Crippen LogP contribution in [0.15, 0.2) is 22.7 Å². The minimum atomic E-state index is -0.948. The zero-order valence-corrected chi connectivity index (χ0v) is 21.7. The van der Waals surface area contributed by atoms with Gasteiger partial charge >= 0.3 is 5.97 Å². The minimum Gasteiger partial charge on any atom is -0.481 e. The van der Waals surface area contributed by atoms with Crippen LogP contribution >= 0.6 is 11.6 Å². The molecule has 2 aliphatic carbocycles. The molecule has 0 spiro atoms. The number of nitrogens with one attached hydrogen (secondary N) is 1. The number of hydrogen-bond acceptors (Lipinski definition) is 4. The van der Waals surface area contributed by atoms with Crippen LogP contribution in [-0.4, -0.2) is 22.1 Å². The fourth-order valence-corrected chi connectivity index (χ4v) is 5.83. The first kappa shape index (κ1) is 25.7. The van der Waals surface area contributed by atoms with Crippen LogP contribution in [0.25, 0.3) is 0 Å². The van der Waals surface area contributed by atoms with Gasteiger partial charge in [-0.05, 0) is 74.5 Å². The van der Waals surface area contributed by atoms with E-state index in [4.69, 9.17) is 16.1 Å². The fraction of sp³-hybridized carbons (Fsp3) is 0.607. The Balaban J connectivity index is 1.49. The van der Waals surface area contributed by atoms with Crippen molar-refractivity contribution in [2.75, 3.05) is 5.32 Å². The first-order valence-electron chi connectivity index (χ1n) is 13.1. The second kappa shape index (κ2) is 11.2. The lowest BCUT2D eigenvalue weighted by molar-refractivity contribution is -0.137. The van der Waals surface area contributed by atoms with Crippen molar-refractivity contribution in [3.8, 4) is 0 Å². The summed E-state index contributed by atoms with van der Waals surface area (Å²) in [5.74, 6) is 1.43. The van der Waals surface area contributed by atoms with Gasteiger partial charge in [0, 0.05) is 23.8 Å². The first-order valence-corrected chi connectivity index (χ1v) is 13.4. The van der Waals surface area contributed by atoms with E-state index in [-0.39, 0.29) is 18.7 Å². The third-order valence-corrected chi connectivity index (χ3v) is 8.15. The van der Waals surface area contributed by atoms with Gasteiger partial charge in [0.05, 0.1) is 22.8 Å². The van der Waals surface area contributed by atoms with Crippen LogP contribution < -0.4 is 5.32 Å². The lowest BCUT2D eigenvalue weighted by Gasteiger charge is -2.36. The number of aromatic nitrogens is 1. The summed E-state index contributed by atoms with van der Waals surface area (Å²) in [5, 5.41) is 17.3. The summed E-state index contributed by atoms with van der Waals surface area (Å²) in [6, 6.07) is 5.43. The van der Waals surface area contributed by atoms with Crippen molar-refractivity contribution in [3.05, 3.63) is 45.8 Å². The molecule has 1 atom stereocenters. The van der Waals surface area contributed by atoms with E-state index in [0.29, 0.717) is 28.2 Å². The van der Waals surface area contributed by atoms with Gasteiger partial charge < -0.3 is 14.9 Å². The van der Waals surface area contributed by atoms with Crippen LogP contribution in [-0.2, 0) is 9.59 Å². The molecule has 0 saturated heterocycles. The molecule has 6 nitrogen and oxygen atoms in total. The second-order valence-corrected chi connectivity index (χ2v) is 11.0. The van der Waals surface area contributed by atoms with Crippen LogP contribution in [0.4, 0.5) is 5.69 Å². The van der Waals surface area contributed by atoms with Crippen molar-refractivity contribution in [1.29, 1.82) is 0 Å². The van der Waals surface area contributed by atoms with Crippen molar-refractivity contribution in [1.82, 2.24) is 5.16 Å². The Morgan fingerprint density at radius 3 is 2.49 bits per heavy atom. The van der Waals surface area contributed by atoms with E-state index in [1.165, 1.54) is 19.3 Å². The summed E-state index contributed by atoms with van der Waals surface area (Å²) in [4.78, 5) is 24.6. The number of carbonyl (C=O) groups excluding carboxylic acids is 1. The fourth-order valence-electron chi connectivity index (χ4n) is 5.55. The number of carbonyl (C=O) groups is 2. The standard InChI is InChI=1S/C28H37ClN2O4/c1-4-17(5-2)11-18-12-21(13-18)28-26(19-7-8-19)27(31-35-28)20(15-25(33)34)14-24(32)30-23-9-6-16(3)10-22(23)29/h6,9-10,17-21H,4-5,7-8,11-15H2,1-3H3,(H,30,32)(H,33,34)/t18-,20-,21+/m0/s1. The minimum absolute atomic E-state index is 0.0180. The number of aliphatic carboxylic acids is 1. The normalized spacial score (nSPS) is 20.5. The monoisotopic (exact) mass is 500 g/mol. The SMILES string of the molecule is CCC(CC)C[C@H]1C[C@@H](c2onc([C@H](CC(=O)O)CC(=O)Nc3ccc(C)cc3Cl)c2C2CC2)C1. The van der Waals surface area contributed by atoms with Gasteiger partial charge in [-0.15, -0.1) is 0 Å². The van der Waals surface area contributed by atoms with E-state index in [0.717, 1.165) is 54.4 Å². The van der Waals surface area contributed by atoms with Gasteiger partial charge in [-0.3, -0.25) is 9.59 Å². The Kier molecular flexibility index (Phi) is 8.20. The Bertz CT molecular complexity index is 1050. The number of halogens is 1. The number of benzene rings is 1. The number of hydrogen-bond donors (Lipinski definition) is 2. The van der Waals surface area contributed by atoms with Crippen LogP contribution in [0.3, 0.4) is 0 Å². The molecule has 0 radical (unpaired) electrons. The summed E-state index contributed by atoms with van der Waals surface area (Å²) in [6.07, 6.45) is 7.93. The lowest BCUT2D eigenvalue weighted by atomic mass is 9.68. The third-order valence-electron chi connectivity index (χ3n) is 7.84. The Hall–Kier alpha value is -2.34. The van der Waals surface area contributed by atoms with E-state index in [2.05, 4.69) is 24.3 Å². The maximum absolute atomic E-state index is 12.9. The summed E-state index contributed by atoms with van der Waals surface area (Å²) in [6.45, 7) is 6.46. The number of nitrogens with zero attached hydrogens (tertiary/aromatic N) is 1. The number of amides is 1.